The Balaban J connectivity index is 2.86. The summed E-state index contributed by atoms with van der Waals surface area (Å²) in [5, 5.41) is 0. The molecule has 1 aromatic rings. The highest BCUT2D eigenvalue weighted by Crippen LogP contribution is 2.13. The van der Waals surface area contributed by atoms with Crippen molar-refractivity contribution < 1.29 is 0 Å². The van der Waals surface area contributed by atoms with Crippen LogP contribution in [0.5, 0.6) is 0 Å². The lowest BCUT2D eigenvalue weighted by Crippen LogP contribution is -1.87. The average Bonchev–Trinajstić information content (AvgIpc) is 1.98. The summed E-state index contributed by atoms with van der Waals surface area (Å²) in [6.07, 6.45) is 1.27. The van der Waals surface area contributed by atoms with Crippen LogP contribution in [0.4, 0.5) is 0 Å². The lowest BCUT2D eigenvalue weighted by Gasteiger charge is -2.01. The van der Waals surface area contributed by atoms with Gasteiger partial charge in [-0.25, -0.2) is 0 Å². The molecule has 0 aliphatic carbocycles. The first-order valence-corrected chi connectivity index (χ1v) is 6.48. The van der Waals surface area contributed by atoms with Crippen LogP contribution in [-0.2, 0) is 6.42 Å². The highest BCUT2D eigenvalue weighted by Gasteiger charge is 1.95. The van der Waals surface area contributed by atoms with Gasteiger partial charge in [0.1, 0.15) is 0 Å². The van der Waals surface area contributed by atoms with Crippen LogP contribution < -0.4 is 0 Å². The maximum absolute atomic E-state index is 2.38. The molecule has 0 unspecified atom stereocenters. The highest BCUT2D eigenvalue weighted by atomic mass is 127. The second-order valence-electron chi connectivity index (χ2n) is 2.83. The fraction of sp³-hybridized carbons (Fsp3) is 0.333. The Hall–Kier alpha value is 0.167. The topological polar surface area (TPSA) is 0 Å². The minimum atomic E-state index is 1.27. The normalized spacial score (nSPS) is 10.4. The predicted octanol–water partition coefficient (Wildman–Crippen LogP) is 1.93. The van der Waals surface area contributed by atoms with Crippen molar-refractivity contribution in [3.8, 4) is 0 Å². The van der Waals surface area contributed by atoms with Crippen LogP contribution in [0.1, 0.15) is 11.1 Å². The van der Waals surface area contributed by atoms with E-state index in [2.05, 4.69) is 47.7 Å². The third kappa shape index (κ3) is 2.59. The first-order chi connectivity index (χ1) is 5.24. The van der Waals surface area contributed by atoms with E-state index in [1.807, 2.05) is 0 Å². The van der Waals surface area contributed by atoms with Gasteiger partial charge in [-0.15, -0.1) is 0 Å². The van der Waals surface area contributed by atoms with Crippen molar-refractivity contribution in [3.05, 3.63) is 32.9 Å². The molecular weight excluding hydrogens is 263 g/mol. The fourth-order valence-corrected chi connectivity index (χ4v) is 2.06. The Morgan fingerprint density at radius 1 is 1.45 bits per heavy atom. The van der Waals surface area contributed by atoms with E-state index in [-0.39, 0.29) is 0 Å². The Morgan fingerprint density at radius 2 is 2.18 bits per heavy atom. The highest BCUT2D eigenvalue weighted by molar-refractivity contribution is 14.1. The van der Waals surface area contributed by atoms with Crippen LogP contribution in [-0.4, -0.2) is 10.2 Å². The second kappa shape index (κ2) is 4.26. The standard InChI is InChI=1S/C9H13ISi/c1-7-6-8(4-5-11)2-3-9(7)10/h2-3,6H,4-5H2,1,11H3. The Morgan fingerprint density at radius 3 is 2.73 bits per heavy atom. The van der Waals surface area contributed by atoms with E-state index in [1.54, 1.807) is 0 Å². The monoisotopic (exact) mass is 276 g/mol. The third-order valence-corrected chi connectivity index (χ3v) is 3.47. The molecule has 0 aliphatic rings. The van der Waals surface area contributed by atoms with Gasteiger partial charge in [0.25, 0.3) is 0 Å². The van der Waals surface area contributed by atoms with Gasteiger partial charge >= 0.3 is 0 Å². The average molecular weight is 276 g/mol. The minimum absolute atomic E-state index is 1.27. The molecule has 1 rings (SSSR count). The van der Waals surface area contributed by atoms with Gasteiger partial charge in [0.15, 0.2) is 0 Å². The lowest BCUT2D eigenvalue weighted by atomic mass is 10.1. The van der Waals surface area contributed by atoms with Gasteiger partial charge in [-0.05, 0) is 53.1 Å². The summed E-state index contributed by atoms with van der Waals surface area (Å²) in [5.41, 5.74) is 2.91. The van der Waals surface area contributed by atoms with Crippen LogP contribution in [0.2, 0.25) is 6.04 Å². The summed E-state index contributed by atoms with van der Waals surface area (Å²) >= 11 is 2.38. The number of halogens is 1. The van der Waals surface area contributed by atoms with Crippen molar-refractivity contribution in [3.63, 3.8) is 0 Å². The summed E-state index contributed by atoms with van der Waals surface area (Å²) in [6.45, 7) is 2.18. The van der Waals surface area contributed by atoms with Crippen LogP contribution in [0.15, 0.2) is 18.2 Å². The fourth-order valence-electron chi connectivity index (χ4n) is 1.15. The number of aryl methyl sites for hydroxylation is 2. The number of rotatable bonds is 2. The van der Waals surface area contributed by atoms with Crippen molar-refractivity contribution in [1.82, 2.24) is 0 Å². The number of hydrogen-bond donors (Lipinski definition) is 0. The zero-order chi connectivity index (χ0) is 8.27. The first kappa shape index (κ1) is 9.26. The molecular formula is C9H13ISi. The summed E-state index contributed by atoms with van der Waals surface area (Å²) < 4.78 is 1.37. The maximum atomic E-state index is 2.38. The van der Waals surface area contributed by atoms with Crippen molar-refractivity contribution in [2.24, 2.45) is 0 Å². The quantitative estimate of drug-likeness (QED) is 0.572. The van der Waals surface area contributed by atoms with Crippen LogP contribution in [0, 0.1) is 10.5 Å². The molecule has 0 heterocycles. The van der Waals surface area contributed by atoms with Gasteiger partial charge in [0, 0.05) is 13.8 Å². The molecule has 11 heavy (non-hydrogen) atoms. The van der Waals surface area contributed by atoms with E-state index in [9.17, 15) is 0 Å². The van der Waals surface area contributed by atoms with Gasteiger partial charge in [-0.1, -0.05) is 18.2 Å². The van der Waals surface area contributed by atoms with Crippen molar-refractivity contribution in [2.75, 3.05) is 0 Å². The van der Waals surface area contributed by atoms with Crippen LogP contribution >= 0.6 is 22.6 Å². The van der Waals surface area contributed by atoms with Crippen LogP contribution in [0.3, 0.4) is 0 Å². The molecule has 0 nitrogen and oxygen atoms in total. The van der Waals surface area contributed by atoms with E-state index >= 15 is 0 Å². The van der Waals surface area contributed by atoms with Crippen molar-refractivity contribution in [2.45, 2.75) is 19.4 Å². The Kier molecular flexibility index (Phi) is 3.58. The molecule has 0 atom stereocenters. The van der Waals surface area contributed by atoms with E-state index < -0.39 is 0 Å². The minimum Gasteiger partial charge on any atom is -0.0619 e. The van der Waals surface area contributed by atoms with Crippen molar-refractivity contribution >= 4 is 32.8 Å². The lowest BCUT2D eigenvalue weighted by molar-refractivity contribution is 1.12. The van der Waals surface area contributed by atoms with E-state index in [4.69, 9.17) is 0 Å². The molecule has 60 valence electrons. The molecule has 0 aliphatic heterocycles. The molecule has 2 heteroatoms. The van der Waals surface area contributed by atoms with E-state index in [0.717, 1.165) is 0 Å². The predicted molar refractivity (Wildman–Crippen MR) is 62.3 cm³/mol. The SMILES string of the molecule is Cc1cc(CC[SiH3])ccc1I. The summed E-state index contributed by atoms with van der Waals surface area (Å²) in [5.74, 6) is 0. The zero-order valence-electron chi connectivity index (χ0n) is 7.02. The van der Waals surface area contributed by atoms with E-state index in [0.29, 0.717) is 0 Å². The van der Waals surface area contributed by atoms with Gasteiger partial charge in [-0.3, -0.25) is 0 Å². The molecule has 0 radical (unpaired) electrons. The van der Waals surface area contributed by atoms with Crippen molar-refractivity contribution in [1.29, 1.82) is 0 Å². The van der Waals surface area contributed by atoms with Gasteiger partial charge in [-0.2, -0.15) is 0 Å². The number of hydrogen-bond acceptors (Lipinski definition) is 0. The summed E-state index contributed by atoms with van der Waals surface area (Å²) in [7, 11) is 1.32. The first-order valence-electron chi connectivity index (χ1n) is 3.99. The molecule has 0 saturated carbocycles. The molecule has 0 saturated heterocycles. The van der Waals surface area contributed by atoms with Gasteiger partial charge in [0.2, 0.25) is 0 Å². The molecule has 1 aromatic carbocycles. The third-order valence-electron chi connectivity index (χ3n) is 1.76. The molecule has 0 amide bonds. The Bertz CT molecular complexity index is 245. The molecule has 0 fully saturated rings. The zero-order valence-corrected chi connectivity index (χ0v) is 11.2. The largest absolute Gasteiger partial charge is 0.0619 e. The maximum Gasteiger partial charge on any atom is 0.0159 e. The van der Waals surface area contributed by atoms with Gasteiger partial charge in [0.05, 0.1) is 0 Å². The summed E-state index contributed by atoms with van der Waals surface area (Å²) in [4.78, 5) is 0. The molecule has 0 aromatic heterocycles. The van der Waals surface area contributed by atoms with E-state index in [1.165, 1.54) is 37.4 Å². The number of benzene rings is 1. The Labute approximate surface area is 85.0 Å². The molecule has 0 bridgehead atoms. The summed E-state index contributed by atoms with van der Waals surface area (Å²) in [6, 6.07) is 8.13. The second-order valence-corrected chi connectivity index (χ2v) is 5.00. The molecule has 0 spiro atoms. The smallest absolute Gasteiger partial charge is 0.0159 e. The van der Waals surface area contributed by atoms with Crippen LogP contribution in [0.25, 0.3) is 0 Å². The molecule has 0 N–H and O–H groups in total. The van der Waals surface area contributed by atoms with Gasteiger partial charge < -0.3 is 0 Å².